The fourth-order valence-electron chi connectivity index (χ4n) is 2.31. The molecule has 1 aliphatic rings. The Morgan fingerprint density at radius 1 is 1.39 bits per heavy atom. The highest BCUT2D eigenvalue weighted by atomic mass is 79.9. The number of halogens is 1. The van der Waals surface area contributed by atoms with Crippen LogP contribution in [-0.4, -0.2) is 26.4 Å². The summed E-state index contributed by atoms with van der Waals surface area (Å²) in [6.07, 6.45) is 4.89. The minimum atomic E-state index is 0.400. The Hall–Kier alpha value is -0.380. The summed E-state index contributed by atoms with van der Waals surface area (Å²) in [6.45, 7) is 1.72. The zero-order valence-corrected chi connectivity index (χ0v) is 12.5. The van der Waals surface area contributed by atoms with Gasteiger partial charge in [0.05, 0.1) is 12.7 Å². The molecule has 1 fully saturated rings. The monoisotopic (exact) mass is 312 g/mol. The summed E-state index contributed by atoms with van der Waals surface area (Å²) in [6, 6.07) is 8.80. The van der Waals surface area contributed by atoms with E-state index in [0.29, 0.717) is 10.9 Å². The van der Waals surface area contributed by atoms with Gasteiger partial charge in [-0.25, -0.2) is 0 Å². The Morgan fingerprint density at radius 3 is 2.78 bits per heavy atom. The molecule has 2 rings (SSSR count). The van der Waals surface area contributed by atoms with Gasteiger partial charge < -0.3 is 9.47 Å². The Labute approximate surface area is 118 Å². The predicted molar refractivity (Wildman–Crippen MR) is 77.3 cm³/mol. The van der Waals surface area contributed by atoms with Crippen LogP contribution in [0.1, 0.15) is 35.2 Å². The zero-order chi connectivity index (χ0) is 12.8. The van der Waals surface area contributed by atoms with Crippen molar-refractivity contribution in [2.75, 3.05) is 20.3 Å². The second-order valence-corrected chi connectivity index (χ2v) is 5.93. The lowest BCUT2D eigenvalue weighted by molar-refractivity contribution is 0.104. The number of ether oxygens (including phenoxy) is 2. The van der Waals surface area contributed by atoms with Gasteiger partial charge in [0, 0.05) is 18.5 Å². The molecule has 0 N–H and O–H groups in total. The average molecular weight is 313 g/mol. The van der Waals surface area contributed by atoms with Crippen LogP contribution in [0.4, 0.5) is 0 Å². The van der Waals surface area contributed by atoms with Gasteiger partial charge in [0.1, 0.15) is 0 Å². The Morgan fingerprint density at radius 2 is 2.17 bits per heavy atom. The van der Waals surface area contributed by atoms with E-state index in [1.54, 1.807) is 7.11 Å². The summed E-state index contributed by atoms with van der Waals surface area (Å²) in [5, 5.41) is 0. The summed E-state index contributed by atoms with van der Waals surface area (Å²) in [4.78, 5) is 0.400. The van der Waals surface area contributed by atoms with Crippen LogP contribution in [0, 0.1) is 0 Å². The van der Waals surface area contributed by atoms with E-state index >= 15 is 0 Å². The first-order valence-electron chi connectivity index (χ1n) is 6.63. The standard InChI is InChI=1S/C15H21BrO2/c1-17-10-8-12-4-6-13(7-5-12)15(16)11-14-3-2-9-18-14/h4-7,14-15H,2-3,8-11H2,1H3. The number of rotatable bonds is 6. The van der Waals surface area contributed by atoms with Gasteiger partial charge in [-0.3, -0.25) is 0 Å². The third-order valence-electron chi connectivity index (χ3n) is 3.43. The van der Waals surface area contributed by atoms with E-state index in [9.17, 15) is 0 Å². The Kier molecular flexibility index (Phi) is 5.67. The van der Waals surface area contributed by atoms with Gasteiger partial charge in [0.15, 0.2) is 0 Å². The summed E-state index contributed by atoms with van der Waals surface area (Å²) in [5.74, 6) is 0. The number of hydrogen-bond donors (Lipinski definition) is 0. The predicted octanol–water partition coefficient (Wildman–Crippen LogP) is 3.88. The van der Waals surface area contributed by atoms with Crippen molar-refractivity contribution in [3.05, 3.63) is 35.4 Å². The van der Waals surface area contributed by atoms with E-state index in [0.717, 1.165) is 26.1 Å². The summed E-state index contributed by atoms with van der Waals surface area (Å²) in [5.41, 5.74) is 2.67. The first-order valence-corrected chi connectivity index (χ1v) is 7.54. The smallest absolute Gasteiger partial charge is 0.0589 e. The summed E-state index contributed by atoms with van der Waals surface area (Å²) in [7, 11) is 1.74. The fourth-order valence-corrected chi connectivity index (χ4v) is 3.03. The van der Waals surface area contributed by atoms with Gasteiger partial charge >= 0.3 is 0 Å². The summed E-state index contributed by atoms with van der Waals surface area (Å²) >= 11 is 3.77. The van der Waals surface area contributed by atoms with E-state index < -0.39 is 0 Å². The van der Waals surface area contributed by atoms with Crippen LogP contribution in [0.25, 0.3) is 0 Å². The summed E-state index contributed by atoms with van der Waals surface area (Å²) < 4.78 is 10.8. The van der Waals surface area contributed by atoms with Gasteiger partial charge in [-0.15, -0.1) is 0 Å². The topological polar surface area (TPSA) is 18.5 Å². The molecule has 0 saturated carbocycles. The lowest BCUT2D eigenvalue weighted by Gasteiger charge is -2.15. The number of methoxy groups -OCH3 is 1. The van der Waals surface area contributed by atoms with E-state index in [1.807, 2.05) is 0 Å². The fraction of sp³-hybridized carbons (Fsp3) is 0.600. The lowest BCUT2D eigenvalue weighted by Crippen LogP contribution is -2.08. The molecular formula is C15H21BrO2. The second kappa shape index (κ2) is 7.27. The van der Waals surface area contributed by atoms with Gasteiger partial charge in [-0.1, -0.05) is 40.2 Å². The molecule has 18 heavy (non-hydrogen) atoms. The van der Waals surface area contributed by atoms with Crippen molar-refractivity contribution in [2.24, 2.45) is 0 Å². The van der Waals surface area contributed by atoms with Crippen molar-refractivity contribution >= 4 is 15.9 Å². The molecule has 1 aliphatic heterocycles. The Bertz CT molecular complexity index is 344. The van der Waals surface area contributed by atoms with E-state index in [2.05, 4.69) is 40.2 Å². The molecule has 0 spiro atoms. The van der Waals surface area contributed by atoms with Crippen molar-refractivity contribution in [1.29, 1.82) is 0 Å². The molecule has 1 aromatic rings. The highest BCUT2D eigenvalue weighted by Gasteiger charge is 2.20. The highest BCUT2D eigenvalue weighted by Crippen LogP contribution is 2.31. The SMILES string of the molecule is COCCc1ccc(C(Br)CC2CCCO2)cc1. The lowest BCUT2D eigenvalue weighted by atomic mass is 10.0. The molecule has 0 aromatic heterocycles. The minimum absolute atomic E-state index is 0.400. The average Bonchev–Trinajstić information content (AvgIpc) is 2.89. The normalized spacial score (nSPS) is 21.1. The number of hydrogen-bond acceptors (Lipinski definition) is 2. The highest BCUT2D eigenvalue weighted by molar-refractivity contribution is 9.09. The molecule has 2 unspecified atom stereocenters. The minimum Gasteiger partial charge on any atom is -0.384 e. The molecule has 2 atom stereocenters. The van der Waals surface area contributed by atoms with Crippen LogP contribution in [-0.2, 0) is 15.9 Å². The molecule has 0 aliphatic carbocycles. The van der Waals surface area contributed by atoms with Crippen LogP contribution >= 0.6 is 15.9 Å². The van der Waals surface area contributed by atoms with E-state index in [1.165, 1.54) is 24.0 Å². The maximum absolute atomic E-state index is 5.68. The van der Waals surface area contributed by atoms with Crippen molar-refractivity contribution in [3.8, 4) is 0 Å². The first-order chi connectivity index (χ1) is 8.79. The maximum Gasteiger partial charge on any atom is 0.0589 e. The molecule has 1 saturated heterocycles. The van der Waals surface area contributed by atoms with Crippen molar-refractivity contribution in [1.82, 2.24) is 0 Å². The molecule has 0 radical (unpaired) electrons. The number of benzene rings is 1. The molecule has 3 heteroatoms. The van der Waals surface area contributed by atoms with E-state index in [-0.39, 0.29) is 0 Å². The van der Waals surface area contributed by atoms with Crippen molar-refractivity contribution in [2.45, 2.75) is 36.6 Å². The maximum atomic E-state index is 5.68. The third kappa shape index (κ3) is 4.08. The van der Waals surface area contributed by atoms with Gasteiger partial charge in [-0.2, -0.15) is 0 Å². The number of alkyl halides is 1. The van der Waals surface area contributed by atoms with Crippen LogP contribution in [0.5, 0.6) is 0 Å². The largest absolute Gasteiger partial charge is 0.384 e. The quantitative estimate of drug-likeness (QED) is 0.742. The molecule has 2 nitrogen and oxygen atoms in total. The second-order valence-electron chi connectivity index (χ2n) is 4.82. The molecule has 0 bridgehead atoms. The molecule has 100 valence electrons. The van der Waals surface area contributed by atoms with Crippen LogP contribution < -0.4 is 0 Å². The molecule has 0 amide bonds. The van der Waals surface area contributed by atoms with Crippen molar-refractivity contribution in [3.63, 3.8) is 0 Å². The molecule has 1 heterocycles. The van der Waals surface area contributed by atoms with Crippen molar-refractivity contribution < 1.29 is 9.47 Å². The molecular weight excluding hydrogens is 292 g/mol. The Balaban J connectivity index is 1.87. The van der Waals surface area contributed by atoms with Gasteiger partial charge in [-0.05, 0) is 36.8 Å². The first kappa shape index (κ1) is 14.0. The molecule has 1 aromatic carbocycles. The third-order valence-corrected chi connectivity index (χ3v) is 4.33. The zero-order valence-electron chi connectivity index (χ0n) is 10.9. The van der Waals surface area contributed by atoms with Crippen LogP contribution in [0.2, 0.25) is 0 Å². The van der Waals surface area contributed by atoms with E-state index in [4.69, 9.17) is 9.47 Å². The van der Waals surface area contributed by atoms with Crippen LogP contribution in [0.3, 0.4) is 0 Å². The van der Waals surface area contributed by atoms with Gasteiger partial charge in [0.2, 0.25) is 0 Å². The van der Waals surface area contributed by atoms with Crippen LogP contribution in [0.15, 0.2) is 24.3 Å². The van der Waals surface area contributed by atoms with Gasteiger partial charge in [0.25, 0.3) is 0 Å².